The predicted octanol–water partition coefficient (Wildman–Crippen LogP) is 1.60. The fraction of sp³-hybridized carbons (Fsp3) is 0.312. The lowest BCUT2D eigenvalue weighted by molar-refractivity contribution is -0.122. The molecule has 1 saturated heterocycles. The molecule has 8 nitrogen and oxygen atoms in total. The summed E-state index contributed by atoms with van der Waals surface area (Å²) < 4.78 is 6.14. The third kappa shape index (κ3) is 3.36. The summed E-state index contributed by atoms with van der Waals surface area (Å²) in [7, 11) is 0. The summed E-state index contributed by atoms with van der Waals surface area (Å²) in [6.07, 6.45) is 1.14. The molecule has 1 aliphatic heterocycles. The lowest BCUT2D eigenvalue weighted by Crippen LogP contribution is -2.32. The standard InChI is InChI=1S/C16H15N5O3S/c22-13-6-9(3-4-17-13)15-20-14(24-21-15)7-18-16(23)10-1-2-11-12(5-10)25-8-19-11/h1-2,5,8-9H,3-4,6-7H2,(H,17,22)(H,18,23). The number of amides is 2. The van der Waals surface area contributed by atoms with Crippen LogP contribution in [0.15, 0.2) is 28.2 Å². The molecule has 1 atom stereocenters. The number of carbonyl (C=O) groups is 2. The van der Waals surface area contributed by atoms with Gasteiger partial charge in [-0.3, -0.25) is 9.59 Å². The van der Waals surface area contributed by atoms with Gasteiger partial charge < -0.3 is 15.2 Å². The van der Waals surface area contributed by atoms with E-state index in [1.54, 1.807) is 11.6 Å². The number of benzene rings is 1. The van der Waals surface area contributed by atoms with Crippen molar-refractivity contribution in [1.82, 2.24) is 25.8 Å². The van der Waals surface area contributed by atoms with E-state index >= 15 is 0 Å². The molecule has 0 spiro atoms. The van der Waals surface area contributed by atoms with Crippen molar-refractivity contribution in [3.05, 3.63) is 41.0 Å². The van der Waals surface area contributed by atoms with E-state index in [1.807, 2.05) is 12.1 Å². The van der Waals surface area contributed by atoms with E-state index in [4.69, 9.17) is 4.52 Å². The average Bonchev–Trinajstić information content (AvgIpc) is 3.28. The van der Waals surface area contributed by atoms with Crippen LogP contribution in [0.1, 0.15) is 40.8 Å². The van der Waals surface area contributed by atoms with Crippen molar-refractivity contribution >= 4 is 33.4 Å². The normalized spacial score (nSPS) is 17.4. The first-order valence-corrected chi connectivity index (χ1v) is 8.77. The number of hydrogen-bond acceptors (Lipinski definition) is 7. The molecule has 9 heteroatoms. The van der Waals surface area contributed by atoms with Crippen LogP contribution in [-0.2, 0) is 11.3 Å². The maximum atomic E-state index is 12.3. The Morgan fingerprint density at radius 3 is 3.24 bits per heavy atom. The highest BCUT2D eigenvalue weighted by molar-refractivity contribution is 7.16. The van der Waals surface area contributed by atoms with Crippen LogP contribution in [0, 0.1) is 0 Å². The van der Waals surface area contributed by atoms with Gasteiger partial charge >= 0.3 is 0 Å². The minimum Gasteiger partial charge on any atom is -0.356 e. The predicted molar refractivity (Wildman–Crippen MR) is 90.1 cm³/mol. The van der Waals surface area contributed by atoms with E-state index in [0.29, 0.717) is 30.2 Å². The second kappa shape index (κ2) is 6.60. The summed E-state index contributed by atoms with van der Waals surface area (Å²) in [6.45, 7) is 0.760. The summed E-state index contributed by atoms with van der Waals surface area (Å²) in [5.41, 5.74) is 3.18. The lowest BCUT2D eigenvalue weighted by Gasteiger charge is -2.18. The number of piperidine rings is 1. The number of thiazole rings is 1. The van der Waals surface area contributed by atoms with Crippen LogP contribution in [0.2, 0.25) is 0 Å². The number of carbonyl (C=O) groups excluding carboxylic acids is 2. The first-order chi connectivity index (χ1) is 12.2. The number of nitrogens with one attached hydrogen (secondary N) is 2. The quantitative estimate of drug-likeness (QED) is 0.734. The largest absolute Gasteiger partial charge is 0.356 e. The van der Waals surface area contributed by atoms with E-state index in [0.717, 1.165) is 16.6 Å². The highest BCUT2D eigenvalue weighted by atomic mass is 32.1. The smallest absolute Gasteiger partial charge is 0.251 e. The molecule has 3 heterocycles. The van der Waals surface area contributed by atoms with Crippen LogP contribution in [0.3, 0.4) is 0 Å². The lowest BCUT2D eigenvalue weighted by atomic mass is 9.97. The summed E-state index contributed by atoms with van der Waals surface area (Å²) in [5, 5.41) is 9.47. The highest BCUT2D eigenvalue weighted by Gasteiger charge is 2.25. The molecule has 0 saturated carbocycles. The van der Waals surface area contributed by atoms with E-state index in [-0.39, 0.29) is 24.3 Å². The molecule has 0 bridgehead atoms. The Balaban J connectivity index is 1.39. The Kier molecular flexibility index (Phi) is 4.14. The van der Waals surface area contributed by atoms with Gasteiger partial charge in [-0.05, 0) is 24.6 Å². The van der Waals surface area contributed by atoms with Gasteiger partial charge in [0.05, 0.1) is 22.3 Å². The first kappa shape index (κ1) is 15.7. The second-order valence-electron chi connectivity index (χ2n) is 5.80. The van der Waals surface area contributed by atoms with E-state index in [1.165, 1.54) is 11.3 Å². The number of fused-ring (bicyclic) bond motifs is 1. The van der Waals surface area contributed by atoms with Gasteiger partial charge in [-0.1, -0.05) is 5.16 Å². The maximum Gasteiger partial charge on any atom is 0.251 e. The molecule has 0 aliphatic carbocycles. The maximum absolute atomic E-state index is 12.3. The second-order valence-corrected chi connectivity index (χ2v) is 6.69. The number of hydrogen-bond donors (Lipinski definition) is 2. The van der Waals surface area contributed by atoms with Crippen molar-refractivity contribution in [2.75, 3.05) is 6.54 Å². The summed E-state index contributed by atoms with van der Waals surface area (Å²) >= 11 is 1.49. The van der Waals surface area contributed by atoms with Gasteiger partial charge in [0, 0.05) is 24.4 Å². The zero-order valence-corrected chi connectivity index (χ0v) is 14.0. The van der Waals surface area contributed by atoms with Gasteiger partial charge in [-0.2, -0.15) is 4.98 Å². The molecule has 3 aromatic rings. The summed E-state index contributed by atoms with van der Waals surface area (Å²) in [4.78, 5) is 32.2. The van der Waals surface area contributed by atoms with Crippen LogP contribution < -0.4 is 10.6 Å². The van der Waals surface area contributed by atoms with Gasteiger partial charge in [0.15, 0.2) is 5.82 Å². The zero-order chi connectivity index (χ0) is 17.2. The van der Waals surface area contributed by atoms with Gasteiger partial charge in [0.25, 0.3) is 5.91 Å². The fourth-order valence-electron chi connectivity index (χ4n) is 2.76. The molecule has 2 amide bonds. The fourth-order valence-corrected chi connectivity index (χ4v) is 3.48. The molecular weight excluding hydrogens is 342 g/mol. The minimum absolute atomic E-state index is 0.00522. The molecule has 2 aromatic heterocycles. The molecule has 4 rings (SSSR count). The topological polar surface area (TPSA) is 110 Å². The SMILES string of the molecule is O=C1CC(c2noc(CNC(=O)c3ccc4ncsc4c3)n2)CCN1. The molecule has 2 N–H and O–H groups in total. The molecule has 0 radical (unpaired) electrons. The van der Waals surface area contributed by atoms with Crippen molar-refractivity contribution in [3.63, 3.8) is 0 Å². The van der Waals surface area contributed by atoms with Crippen LogP contribution in [-0.4, -0.2) is 33.5 Å². The number of aromatic nitrogens is 3. The Morgan fingerprint density at radius 1 is 1.44 bits per heavy atom. The van der Waals surface area contributed by atoms with Crippen LogP contribution in [0.25, 0.3) is 10.2 Å². The van der Waals surface area contributed by atoms with Crippen molar-refractivity contribution in [3.8, 4) is 0 Å². The Hall–Kier alpha value is -2.81. The molecule has 1 unspecified atom stereocenters. The van der Waals surface area contributed by atoms with Gasteiger partial charge in [0.1, 0.15) is 0 Å². The van der Waals surface area contributed by atoms with E-state index in [9.17, 15) is 9.59 Å². The zero-order valence-electron chi connectivity index (χ0n) is 13.2. The van der Waals surface area contributed by atoms with Crippen molar-refractivity contribution in [1.29, 1.82) is 0 Å². The Morgan fingerprint density at radius 2 is 2.36 bits per heavy atom. The molecular formula is C16H15N5O3S. The minimum atomic E-state index is -0.216. The first-order valence-electron chi connectivity index (χ1n) is 7.89. The molecule has 25 heavy (non-hydrogen) atoms. The van der Waals surface area contributed by atoms with Crippen molar-refractivity contribution in [2.45, 2.75) is 25.3 Å². The van der Waals surface area contributed by atoms with E-state index < -0.39 is 0 Å². The molecule has 1 aliphatic rings. The van der Waals surface area contributed by atoms with Crippen LogP contribution >= 0.6 is 11.3 Å². The van der Waals surface area contributed by atoms with Crippen molar-refractivity contribution < 1.29 is 14.1 Å². The highest BCUT2D eigenvalue weighted by Crippen LogP contribution is 2.23. The Bertz CT molecular complexity index is 935. The van der Waals surface area contributed by atoms with Gasteiger partial charge in [-0.25, -0.2) is 4.98 Å². The number of rotatable bonds is 4. The van der Waals surface area contributed by atoms with E-state index in [2.05, 4.69) is 25.8 Å². The molecule has 1 fully saturated rings. The van der Waals surface area contributed by atoms with Gasteiger partial charge in [-0.15, -0.1) is 11.3 Å². The van der Waals surface area contributed by atoms with Crippen LogP contribution in [0.4, 0.5) is 0 Å². The third-order valence-corrected chi connectivity index (χ3v) is 4.88. The Labute approximate surface area is 146 Å². The summed E-state index contributed by atoms with van der Waals surface area (Å²) in [6, 6.07) is 5.36. The monoisotopic (exact) mass is 357 g/mol. The molecule has 1 aromatic carbocycles. The van der Waals surface area contributed by atoms with Crippen LogP contribution in [0.5, 0.6) is 0 Å². The number of nitrogens with zero attached hydrogens (tertiary/aromatic N) is 3. The van der Waals surface area contributed by atoms with Crippen molar-refractivity contribution in [2.24, 2.45) is 0 Å². The summed E-state index contributed by atoms with van der Waals surface area (Å²) in [5.74, 6) is 0.593. The van der Waals surface area contributed by atoms with Gasteiger partial charge in [0.2, 0.25) is 11.8 Å². The average molecular weight is 357 g/mol. The molecule has 128 valence electrons. The third-order valence-electron chi connectivity index (χ3n) is 4.09.